The second kappa shape index (κ2) is 27.2. The summed E-state index contributed by atoms with van der Waals surface area (Å²) in [6.07, 6.45) is 8.65. The summed E-state index contributed by atoms with van der Waals surface area (Å²) in [7, 11) is -3.85. The lowest BCUT2D eigenvalue weighted by atomic mass is 9.83. The maximum atomic E-state index is 15.0. The Morgan fingerprint density at radius 3 is 1.23 bits per heavy atom. The van der Waals surface area contributed by atoms with E-state index in [1.54, 1.807) is 101 Å². The largest absolute Gasteiger partial charge is 0.347 e. The molecule has 2 aliphatic carbocycles. The Morgan fingerprint density at radius 1 is 0.477 bits per heavy atom. The Balaban J connectivity index is 0.855. The summed E-state index contributed by atoms with van der Waals surface area (Å²) in [4.78, 5) is 118. The Morgan fingerprint density at radius 2 is 0.852 bits per heavy atom. The molecule has 4 aromatic carbocycles. The first-order chi connectivity index (χ1) is 42.1. The van der Waals surface area contributed by atoms with Crippen molar-refractivity contribution in [2.24, 2.45) is 11.8 Å². The Labute approximate surface area is 514 Å². The molecule has 0 aromatic heterocycles. The van der Waals surface area contributed by atoms with E-state index in [1.165, 1.54) is 21.9 Å². The summed E-state index contributed by atoms with van der Waals surface area (Å²) < 4.78 is 52.2. The fourth-order valence-corrected chi connectivity index (χ4v) is 17.1. The van der Waals surface area contributed by atoms with Gasteiger partial charge in [0.2, 0.25) is 35.4 Å². The van der Waals surface area contributed by atoms with Gasteiger partial charge in [-0.05, 0) is 149 Å². The number of benzene rings is 4. The molecule has 6 aliphatic rings. The fraction of sp³-hybridized carbons (Fsp3) is 0.531. The van der Waals surface area contributed by atoms with Gasteiger partial charge in [-0.25, -0.2) is 16.8 Å². The number of hydrogen-bond acceptors (Lipinski definition) is 14. The second-order valence-electron chi connectivity index (χ2n) is 24.8. The first-order valence-electron chi connectivity index (χ1n) is 31.1. The number of carbonyl (C=O) groups is 8. The van der Waals surface area contributed by atoms with E-state index in [2.05, 4.69) is 42.5 Å². The van der Waals surface area contributed by atoms with Crippen LogP contribution in [-0.2, 0) is 48.4 Å². The van der Waals surface area contributed by atoms with Crippen molar-refractivity contribution in [1.82, 2.24) is 52.3 Å². The quantitative estimate of drug-likeness (QED) is 0.0706. The predicted molar refractivity (Wildman–Crippen MR) is 329 cm³/mol. The van der Waals surface area contributed by atoms with Crippen molar-refractivity contribution in [2.45, 2.75) is 174 Å². The van der Waals surface area contributed by atoms with Gasteiger partial charge in [-0.15, -0.1) is 0 Å². The minimum Gasteiger partial charge on any atom is -0.347 e. The number of hydrogen-bond donors (Lipinski definition) is 8. The van der Waals surface area contributed by atoms with Crippen molar-refractivity contribution in [3.05, 3.63) is 107 Å². The zero-order valence-electron chi connectivity index (χ0n) is 50.3. The van der Waals surface area contributed by atoms with Gasteiger partial charge in [0.05, 0.1) is 45.5 Å². The smallest absolute Gasteiger partial charge is 0.251 e. The van der Waals surface area contributed by atoms with Crippen molar-refractivity contribution in [2.75, 3.05) is 38.7 Å². The van der Waals surface area contributed by atoms with Gasteiger partial charge in [0.1, 0.15) is 24.2 Å². The highest BCUT2D eigenvalue weighted by Gasteiger charge is 2.48. The Kier molecular flexibility index (Phi) is 19.7. The van der Waals surface area contributed by atoms with Crippen molar-refractivity contribution in [3.8, 4) is 0 Å². The molecule has 0 unspecified atom stereocenters. The van der Waals surface area contributed by atoms with Crippen molar-refractivity contribution in [3.63, 3.8) is 0 Å². The van der Waals surface area contributed by atoms with Gasteiger partial charge in [0.25, 0.3) is 11.8 Å². The number of sulfone groups is 2. The van der Waals surface area contributed by atoms with Gasteiger partial charge >= 0.3 is 0 Å². The minimum absolute atomic E-state index is 0.0354. The van der Waals surface area contributed by atoms with Crippen molar-refractivity contribution in [1.29, 1.82) is 0 Å². The van der Waals surface area contributed by atoms with Crippen LogP contribution in [0, 0.1) is 11.8 Å². The molecule has 2 saturated carbocycles. The van der Waals surface area contributed by atoms with E-state index in [4.69, 9.17) is 0 Å². The zero-order chi connectivity index (χ0) is 62.6. The maximum absolute atomic E-state index is 15.0. The lowest BCUT2D eigenvalue weighted by Gasteiger charge is -2.35. The van der Waals surface area contributed by atoms with Gasteiger partial charge in [-0.2, -0.15) is 0 Å². The van der Waals surface area contributed by atoms with Gasteiger partial charge < -0.3 is 52.3 Å². The molecule has 8 amide bonds. The van der Waals surface area contributed by atoms with E-state index >= 15 is 0 Å². The number of carbonyl (C=O) groups excluding carboxylic acids is 8. The monoisotopic (exact) mass is 1250 g/mol. The summed E-state index contributed by atoms with van der Waals surface area (Å²) in [6, 6.07) is 15.1. The molecule has 24 heteroatoms. The van der Waals surface area contributed by atoms with Crippen LogP contribution in [0.15, 0.2) is 94.7 Å². The zero-order valence-corrected chi connectivity index (χ0v) is 52.0. The molecular formula is C64H82N10O12S2. The van der Waals surface area contributed by atoms with Gasteiger partial charge in [0, 0.05) is 36.3 Å². The molecule has 22 nitrogen and oxygen atoms in total. The molecule has 10 atom stereocenters. The third-order valence-corrected chi connectivity index (χ3v) is 22.7. The van der Waals surface area contributed by atoms with E-state index in [9.17, 15) is 55.2 Å². The number of likely N-dealkylation sites (N-methyl/N-ethyl adjacent to an activating group) is 2. The molecule has 0 radical (unpaired) electrons. The number of nitrogens with one attached hydrogen (secondary N) is 8. The molecule has 4 fully saturated rings. The predicted octanol–water partition coefficient (Wildman–Crippen LogP) is 3.65. The van der Waals surface area contributed by atoms with Crippen LogP contribution in [0.3, 0.4) is 0 Å². The third kappa shape index (κ3) is 13.9. The second-order valence-corrected chi connectivity index (χ2v) is 29.0. The van der Waals surface area contributed by atoms with E-state index in [-0.39, 0.29) is 94.8 Å². The van der Waals surface area contributed by atoms with Crippen LogP contribution in [0.25, 0.3) is 10.8 Å². The number of likely N-dealkylation sites (tertiary alicyclic amines) is 2. The summed E-state index contributed by atoms with van der Waals surface area (Å²) >= 11 is 0. The average molecular weight is 1250 g/mol. The highest BCUT2D eigenvalue weighted by atomic mass is 32.2. The van der Waals surface area contributed by atoms with Gasteiger partial charge in [0.15, 0.2) is 19.7 Å². The first kappa shape index (κ1) is 63.7. The van der Waals surface area contributed by atoms with Gasteiger partial charge in [-0.1, -0.05) is 87.1 Å². The summed E-state index contributed by atoms with van der Waals surface area (Å²) in [5.41, 5.74) is 1.45. The maximum Gasteiger partial charge on any atom is 0.251 e. The average Bonchev–Trinajstić information content (AvgIpc) is 2.41. The van der Waals surface area contributed by atoms with Crippen molar-refractivity contribution < 1.29 is 55.2 Å². The van der Waals surface area contributed by atoms with Crippen LogP contribution in [0.1, 0.15) is 148 Å². The highest BCUT2D eigenvalue weighted by molar-refractivity contribution is 7.91. The standard InChI is InChI=1S/C64H82N10O12S2/c1-37(65-3)57(75)71-55(39-15-7-5-8-16-39)63(81)73-35-45(33-51(73)61(79)69-49-27-29-87(83,84)53-21-13-11-19-47(49)53)67-59(77)43-25-23-42-32-44(26-24-41(42)31-43)60(78)68-46-34-52(62(80)70-50-28-30-88(85,86)54-22-14-12-20-48(50)54)74(36-46)64(82)56(40-17-9-6-10-18-40)72-58(76)38(2)66-4/h11-14,19-26,31-32,37-40,45-46,49-52,55-56,65-66H,5-10,15-18,27-30,33-36H2,1-4H3,(H,67,77)(H,68,78)(H,69,79)(H,70,80)(H,71,75)(H,72,76)/t37-,38-,45-,46-,49+,50+,51-,52-,55-,56-/m0/s1. The third-order valence-electron chi connectivity index (χ3n) is 19.1. The van der Waals surface area contributed by atoms with Crippen LogP contribution in [0.5, 0.6) is 0 Å². The summed E-state index contributed by atoms with van der Waals surface area (Å²) in [6.45, 7) is 3.30. The minimum atomic E-state index is -3.57. The Bertz CT molecular complexity index is 3340. The molecule has 0 spiro atoms. The van der Waals surface area contributed by atoms with E-state index in [0.29, 0.717) is 47.6 Å². The first-order valence-corrected chi connectivity index (χ1v) is 34.4. The molecule has 4 heterocycles. The van der Waals surface area contributed by atoms with Crippen LogP contribution < -0.4 is 42.5 Å². The fourth-order valence-electron chi connectivity index (χ4n) is 13.8. The number of amides is 8. The number of fused-ring (bicyclic) bond motifs is 3. The topological polar surface area (TPSA) is 308 Å². The van der Waals surface area contributed by atoms with Crippen molar-refractivity contribution >= 4 is 77.7 Å². The molecule has 8 N–H and O–H groups in total. The Hall–Kier alpha value is -7.28. The summed E-state index contributed by atoms with van der Waals surface area (Å²) in [5, 5.41) is 25.3. The van der Waals surface area contributed by atoms with Crippen LogP contribution in [0.4, 0.5) is 0 Å². The SMILES string of the molecule is CN[C@@H](C)C(=O)N[C@H](C(=O)N1C[C@@H](NC(=O)c2ccc3cc(C(=O)N[C@H]4C[C@@H](C(=O)N[C@@H]5CCS(=O)(=O)c6ccccc65)N(C(=O)[C@@H](NC(=O)[C@H](C)NC)C5CCCCC5)C4)ccc3c2)C[C@H]1C(=O)N[C@@H]1CCS(=O)(=O)c2ccccc21)C1CCCCC1. The number of rotatable bonds is 18. The van der Waals surface area contributed by atoms with E-state index in [1.807, 2.05) is 0 Å². The lowest BCUT2D eigenvalue weighted by molar-refractivity contribution is -0.143. The molecule has 0 bridgehead atoms. The molecular weight excluding hydrogens is 1160 g/mol. The molecule has 88 heavy (non-hydrogen) atoms. The lowest BCUT2D eigenvalue weighted by Crippen LogP contribution is -2.58. The van der Waals surface area contributed by atoms with Crippen LogP contribution >= 0.6 is 0 Å². The molecule has 4 aliphatic heterocycles. The molecule has 2 saturated heterocycles. The van der Waals surface area contributed by atoms with Crippen LogP contribution in [-0.4, -0.2) is 161 Å². The van der Waals surface area contributed by atoms with Gasteiger partial charge in [-0.3, -0.25) is 38.4 Å². The molecule has 472 valence electrons. The van der Waals surface area contributed by atoms with Crippen LogP contribution in [0.2, 0.25) is 0 Å². The summed E-state index contributed by atoms with van der Waals surface area (Å²) in [5.74, 6) is -4.30. The van der Waals surface area contributed by atoms with E-state index in [0.717, 1.165) is 38.5 Å². The molecule has 10 rings (SSSR count). The molecule has 4 aromatic rings. The van der Waals surface area contributed by atoms with E-state index < -0.39 is 116 Å². The highest BCUT2D eigenvalue weighted by Crippen LogP contribution is 2.37. The normalized spacial score (nSPS) is 24.7. The number of nitrogens with zero attached hydrogens (tertiary/aromatic N) is 2.